The van der Waals surface area contributed by atoms with Crippen LogP contribution in [0.3, 0.4) is 0 Å². The molecule has 10 heteroatoms. The number of carbonyl (C=O) groups is 3. The van der Waals surface area contributed by atoms with Gasteiger partial charge in [0, 0.05) is 12.0 Å². The maximum absolute atomic E-state index is 14.2. The molecule has 6 atom stereocenters. The summed E-state index contributed by atoms with van der Waals surface area (Å²) >= 11 is 0. The zero-order valence-corrected chi connectivity index (χ0v) is 39.8. The molecule has 1 saturated heterocycles. The quantitative estimate of drug-likeness (QED) is 0.0358. The molecule has 0 aromatic carbocycles. The van der Waals surface area contributed by atoms with Crippen molar-refractivity contribution in [3.8, 4) is 0 Å². The van der Waals surface area contributed by atoms with E-state index in [-0.39, 0.29) is 71.3 Å². The Morgan fingerprint density at radius 3 is 2.28 bits per heavy atom. The van der Waals surface area contributed by atoms with Crippen LogP contribution < -0.4 is 20.7 Å². The van der Waals surface area contributed by atoms with Gasteiger partial charge in [-0.15, -0.1) is 16.4 Å². The number of rotatable bonds is 23. The van der Waals surface area contributed by atoms with Crippen LogP contribution in [0.15, 0.2) is 30.1 Å². The van der Waals surface area contributed by atoms with Crippen molar-refractivity contribution >= 4 is 70.3 Å². The van der Waals surface area contributed by atoms with Crippen molar-refractivity contribution in [2.75, 3.05) is 13.7 Å². The van der Waals surface area contributed by atoms with E-state index in [1.807, 2.05) is 32.9 Å². The van der Waals surface area contributed by atoms with Crippen molar-refractivity contribution in [3.63, 3.8) is 0 Å². The van der Waals surface area contributed by atoms with Crippen LogP contribution in [0.2, 0.25) is 0 Å². The van der Waals surface area contributed by atoms with Gasteiger partial charge in [0.15, 0.2) is 5.78 Å². The van der Waals surface area contributed by atoms with Gasteiger partial charge in [0.05, 0.1) is 7.11 Å². The molecule has 1 unspecified atom stereocenters. The molecular weight excluding hydrogens is 761 g/mol. The second-order valence-corrected chi connectivity index (χ2v) is 17.3. The number of carbonyl (C=O) groups excluding carboxylic acids is 3. The fourth-order valence-electron chi connectivity index (χ4n) is 9.04. The number of allylic oxidation sites excluding steroid dienone is 2. The van der Waals surface area contributed by atoms with Crippen molar-refractivity contribution in [2.24, 2.45) is 35.5 Å². The van der Waals surface area contributed by atoms with E-state index in [1.54, 1.807) is 25.3 Å². The number of methoxy groups -OCH3 is 1. The molecule has 1 fully saturated rings. The average molecular weight is 831 g/mol. The molecule has 2 aromatic heterocycles. The summed E-state index contributed by atoms with van der Waals surface area (Å²) in [6, 6.07) is -0.643. The van der Waals surface area contributed by atoms with E-state index in [0.717, 1.165) is 54.1 Å². The maximum atomic E-state index is 14.2. The standard InChI is InChI=1S/C50H70N4O5.Mg/c1-12-18-30(5)19-16-20-31(6)21-17-22-32(7)25-26-59-43(55)24-23-38-34(9)42(28-40-33(8)37(15-4)29-52-40)53-47(38)45-46(50(57)58-11)49(56)44-35(10)41(54-48(44)45)27-39(51)36(13-2)14-3;/h15,25,27-31,34,36,38,46-47H,4,12-14,16-24,26H2,1-3,5-11H3;/q-4;+2/b32-25-;/t30-,31-,34+,38+,46-,47?;/m1./s1. The molecule has 60 heavy (non-hydrogen) atoms. The molecule has 9 nitrogen and oxygen atoms in total. The summed E-state index contributed by atoms with van der Waals surface area (Å²) in [5.74, 6) is -1.49. The monoisotopic (exact) mass is 831 g/mol. The molecule has 1 aliphatic heterocycles. The molecule has 0 amide bonds. The summed E-state index contributed by atoms with van der Waals surface area (Å²) in [5, 5.41) is 17.1. The average Bonchev–Trinajstić information content (AvgIpc) is 3.90. The van der Waals surface area contributed by atoms with E-state index >= 15 is 0 Å². The SMILES string of the molecule is C=Cc1c[n-]c(/C=C2\[N-]C(C3=c4[n-]/c(=C\C(=[N-])C(CC)CC)c(C)c4C(=O)[C@@H]3C(=O)OC)[C@@H](CCC(=O)OC/C=C(/C)CCC[C@H](C)CCC[C@H](C)CCC)[C@@H]2C)c1C.[Mg+2]. The van der Waals surface area contributed by atoms with Gasteiger partial charge in [-0.05, 0) is 81.3 Å². The number of aromatic nitrogens is 2. The predicted octanol–water partition coefficient (Wildman–Crippen LogP) is 9.58. The van der Waals surface area contributed by atoms with Crippen LogP contribution in [0, 0.1) is 49.4 Å². The fourth-order valence-corrected chi connectivity index (χ4v) is 9.04. The Morgan fingerprint density at radius 2 is 1.67 bits per heavy atom. The Labute approximate surface area is 376 Å². The first-order valence-electron chi connectivity index (χ1n) is 22.3. The number of nitrogens with zero attached hydrogens (tertiary/aromatic N) is 4. The maximum Gasteiger partial charge on any atom is 2.00 e. The van der Waals surface area contributed by atoms with Crippen molar-refractivity contribution in [1.29, 1.82) is 0 Å². The first-order valence-corrected chi connectivity index (χ1v) is 22.3. The van der Waals surface area contributed by atoms with Crippen molar-refractivity contribution in [3.05, 3.63) is 79.5 Å². The van der Waals surface area contributed by atoms with E-state index < -0.39 is 17.9 Å². The largest absolute Gasteiger partial charge is 2.00 e. The fraction of sp³-hybridized carbons (Fsp3) is 0.600. The molecule has 0 spiro atoms. The normalized spacial score (nSPS) is 20.9. The predicted molar refractivity (Wildman–Crippen MR) is 247 cm³/mol. The molecule has 0 radical (unpaired) electrons. The zero-order chi connectivity index (χ0) is 43.4. The second-order valence-electron chi connectivity index (χ2n) is 17.3. The Hall–Kier alpha value is -3.63. The number of esters is 2. The summed E-state index contributed by atoms with van der Waals surface area (Å²) in [4.78, 5) is 50.5. The van der Waals surface area contributed by atoms with Gasteiger partial charge in [0.2, 0.25) is 0 Å². The number of Topliss-reactive ketones (excluding diaryl/α,β-unsaturated/α-hetero) is 1. The third kappa shape index (κ3) is 12.5. The van der Waals surface area contributed by atoms with E-state index in [0.29, 0.717) is 39.7 Å². The molecule has 2 aliphatic rings. The Bertz CT molecular complexity index is 2000. The molecule has 4 rings (SSSR count). The summed E-state index contributed by atoms with van der Waals surface area (Å²) in [6.07, 6.45) is 21.0. The first-order chi connectivity index (χ1) is 28.2. The molecule has 0 bridgehead atoms. The van der Waals surface area contributed by atoms with Crippen LogP contribution in [0.4, 0.5) is 0 Å². The van der Waals surface area contributed by atoms with Gasteiger partial charge >= 0.3 is 35.0 Å². The minimum Gasteiger partial charge on any atom is -0.807 e. The summed E-state index contributed by atoms with van der Waals surface area (Å²) in [7, 11) is 1.28. The third-order valence-corrected chi connectivity index (χ3v) is 13.0. The van der Waals surface area contributed by atoms with Gasteiger partial charge < -0.3 is 30.2 Å². The van der Waals surface area contributed by atoms with Crippen LogP contribution in [0.1, 0.15) is 158 Å². The molecule has 0 N–H and O–H groups in total. The van der Waals surface area contributed by atoms with Gasteiger partial charge in [-0.25, -0.2) is 0 Å². The van der Waals surface area contributed by atoms with Gasteiger partial charge in [0.25, 0.3) is 0 Å². The van der Waals surface area contributed by atoms with Gasteiger partial charge in [-0.2, -0.15) is 17.6 Å². The molecule has 0 saturated carbocycles. The van der Waals surface area contributed by atoms with Crippen molar-refractivity contribution in [2.45, 2.75) is 145 Å². The first kappa shape index (κ1) is 50.7. The minimum atomic E-state index is -1.21. The van der Waals surface area contributed by atoms with Crippen molar-refractivity contribution < 1.29 is 23.9 Å². The molecule has 1 aliphatic carbocycles. The van der Waals surface area contributed by atoms with Crippen LogP contribution in [0.25, 0.3) is 34.5 Å². The third-order valence-electron chi connectivity index (χ3n) is 13.0. The van der Waals surface area contributed by atoms with E-state index in [2.05, 4.69) is 46.2 Å². The van der Waals surface area contributed by atoms with E-state index in [9.17, 15) is 19.8 Å². The summed E-state index contributed by atoms with van der Waals surface area (Å²) < 4.78 is 10.9. The second kappa shape index (κ2) is 24.1. The Balaban J connectivity index is 0.00000961. The van der Waals surface area contributed by atoms with Crippen LogP contribution in [-0.2, 0) is 19.1 Å². The molecular formula is C50H70MgN4O5-2. The van der Waals surface area contributed by atoms with Crippen LogP contribution in [0.5, 0.6) is 0 Å². The van der Waals surface area contributed by atoms with Gasteiger partial charge in [-0.3, -0.25) is 14.4 Å². The summed E-state index contributed by atoms with van der Waals surface area (Å²) in [6.45, 7) is 23.1. The Morgan fingerprint density at radius 1 is 1.00 bits per heavy atom. The number of hydrogen-bond acceptors (Lipinski definition) is 5. The van der Waals surface area contributed by atoms with Crippen LogP contribution >= 0.6 is 0 Å². The zero-order valence-electron chi connectivity index (χ0n) is 38.4. The number of fused-ring (bicyclic) bond motifs is 1. The topological polar surface area (TPSA) is 134 Å². The molecule has 324 valence electrons. The number of ether oxygens (including phenoxy) is 2. The number of ketones is 1. The minimum absolute atomic E-state index is 0. The summed E-state index contributed by atoms with van der Waals surface area (Å²) in [5.41, 5.74) is 6.31. The van der Waals surface area contributed by atoms with Crippen LogP contribution in [-0.4, -0.2) is 66.2 Å². The smallest absolute Gasteiger partial charge is 0.807 e. The van der Waals surface area contributed by atoms with E-state index in [4.69, 9.17) is 19.8 Å². The molecule has 2 aromatic rings. The van der Waals surface area contributed by atoms with Gasteiger partial charge in [-0.1, -0.05) is 146 Å². The number of hydrogen-bond donors (Lipinski definition) is 0. The van der Waals surface area contributed by atoms with E-state index in [1.165, 1.54) is 51.2 Å². The van der Waals surface area contributed by atoms with Gasteiger partial charge in [0.1, 0.15) is 12.5 Å². The Kier molecular flexibility index (Phi) is 20.4. The molecule has 3 heterocycles. The van der Waals surface area contributed by atoms with Crippen molar-refractivity contribution in [1.82, 2.24) is 9.97 Å².